The monoisotopic (exact) mass is 406 g/mol. The van der Waals surface area contributed by atoms with Crippen molar-refractivity contribution in [3.63, 3.8) is 0 Å². The first-order chi connectivity index (χ1) is 11.9. The first-order valence-electron chi connectivity index (χ1n) is 8.83. The average molecular weight is 407 g/mol. The van der Waals surface area contributed by atoms with Gasteiger partial charge in [-0.3, -0.25) is 4.79 Å². The van der Waals surface area contributed by atoms with Crippen molar-refractivity contribution in [2.75, 3.05) is 26.2 Å². The third-order valence-corrected chi connectivity index (χ3v) is 7.22. The molecule has 1 unspecified atom stereocenters. The summed E-state index contributed by atoms with van der Waals surface area (Å²) in [4.78, 5) is 12.5. The first-order valence-corrected chi connectivity index (χ1v) is 10.3. The number of piperidine rings is 1. The van der Waals surface area contributed by atoms with Gasteiger partial charge in [-0.25, -0.2) is 8.42 Å². The van der Waals surface area contributed by atoms with Gasteiger partial charge in [-0.15, -0.1) is 12.4 Å². The number of carbonyl (C=O) groups is 1. The van der Waals surface area contributed by atoms with E-state index in [1.807, 2.05) is 0 Å². The van der Waals surface area contributed by atoms with Crippen LogP contribution in [0.4, 0.5) is 0 Å². The maximum absolute atomic E-state index is 12.8. The number of aromatic nitrogens is 1. The van der Waals surface area contributed by atoms with E-state index >= 15 is 0 Å². The Morgan fingerprint density at radius 3 is 2.54 bits per heavy atom. The van der Waals surface area contributed by atoms with Gasteiger partial charge in [-0.05, 0) is 46.1 Å². The molecule has 3 rings (SSSR count). The lowest BCUT2D eigenvalue weighted by Crippen LogP contribution is -2.45. The van der Waals surface area contributed by atoms with Gasteiger partial charge >= 0.3 is 0 Å². The zero-order valence-electron chi connectivity index (χ0n) is 15.2. The number of hydrogen-bond donors (Lipinski definition) is 2. The van der Waals surface area contributed by atoms with Crippen molar-refractivity contribution >= 4 is 28.3 Å². The lowest BCUT2D eigenvalue weighted by molar-refractivity contribution is -0.126. The molecule has 2 N–H and O–H groups in total. The predicted molar refractivity (Wildman–Crippen MR) is 98.7 cm³/mol. The van der Waals surface area contributed by atoms with Gasteiger partial charge in [0.2, 0.25) is 15.9 Å². The highest BCUT2D eigenvalue weighted by Crippen LogP contribution is 2.27. The molecule has 0 bridgehead atoms. The molecule has 10 heteroatoms. The second-order valence-corrected chi connectivity index (χ2v) is 8.74. The summed E-state index contributed by atoms with van der Waals surface area (Å²) in [7, 11) is -3.62. The average Bonchev–Trinajstić information content (AvgIpc) is 3.22. The molecular weight excluding hydrogens is 380 g/mol. The molecule has 0 aromatic carbocycles. The maximum Gasteiger partial charge on any atom is 0.248 e. The number of amides is 1. The van der Waals surface area contributed by atoms with Gasteiger partial charge in [0.25, 0.3) is 0 Å². The largest absolute Gasteiger partial charge is 0.360 e. The number of hydrogen-bond acceptors (Lipinski definition) is 6. The Morgan fingerprint density at radius 1 is 1.31 bits per heavy atom. The molecule has 1 amide bonds. The molecule has 2 fully saturated rings. The fraction of sp³-hybridized carbons (Fsp3) is 0.750. The van der Waals surface area contributed by atoms with Crippen molar-refractivity contribution in [3.8, 4) is 0 Å². The normalized spacial score (nSPS) is 22.2. The van der Waals surface area contributed by atoms with Gasteiger partial charge in [0, 0.05) is 31.6 Å². The van der Waals surface area contributed by atoms with Gasteiger partial charge < -0.3 is 15.2 Å². The van der Waals surface area contributed by atoms with Crippen molar-refractivity contribution in [3.05, 3.63) is 11.5 Å². The molecule has 148 valence electrons. The van der Waals surface area contributed by atoms with Crippen LogP contribution in [0.1, 0.15) is 37.1 Å². The Bertz CT molecular complexity index is 703. The van der Waals surface area contributed by atoms with Crippen LogP contribution < -0.4 is 10.6 Å². The third-order valence-electron chi connectivity index (χ3n) is 5.08. The summed E-state index contributed by atoms with van der Waals surface area (Å²) in [6.07, 6.45) is 3.31. The van der Waals surface area contributed by atoms with E-state index in [1.54, 1.807) is 13.8 Å². The first kappa shape index (κ1) is 21.1. The van der Waals surface area contributed by atoms with Crippen molar-refractivity contribution in [1.82, 2.24) is 20.1 Å². The molecule has 1 aromatic heterocycles. The zero-order valence-corrected chi connectivity index (χ0v) is 16.8. The summed E-state index contributed by atoms with van der Waals surface area (Å²) in [5, 5.41) is 10.1. The Kier molecular flexibility index (Phi) is 7.06. The van der Waals surface area contributed by atoms with Crippen molar-refractivity contribution in [2.24, 2.45) is 5.92 Å². The van der Waals surface area contributed by atoms with Crippen molar-refractivity contribution in [1.29, 1.82) is 0 Å². The van der Waals surface area contributed by atoms with E-state index in [0.29, 0.717) is 50.0 Å². The standard InChI is InChI=1S/C16H26N4O4S.ClH/c1-11-15(12(2)24-19-11)25(22,23)20-8-5-13(6-9-20)16(21)18-10-14-4-3-7-17-14;/h13-14,17H,3-10H2,1-2H3,(H,18,21);1H. The van der Waals surface area contributed by atoms with E-state index in [0.717, 1.165) is 19.4 Å². The minimum Gasteiger partial charge on any atom is -0.360 e. The number of halogens is 1. The number of nitrogens with zero attached hydrogens (tertiary/aromatic N) is 2. The minimum absolute atomic E-state index is 0. The number of sulfonamides is 1. The van der Waals surface area contributed by atoms with E-state index in [2.05, 4.69) is 15.8 Å². The Morgan fingerprint density at radius 2 is 2.00 bits per heavy atom. The Balaban J connectivity index is 0.00000243. The Hall–Kier alpha value is -1.16. The molecule has 8 nitrogen and oxygen atoms in total. The van der Waals surface area contributed by atoms with Crippen LogP contribution in [-0.2, 0) is 14.8 Å². The van der Waals surface area contributed by atoms with Gasteiger partial charge in [-0.1, -0.05) is 5.16 Å². The fourth-order valence-corrected chi connectivity index (χ4v) is 5.39. The predicted octanol–water partition coefficient (Wildman–Crippen LogP) is 0.982. The van der Waals surface area contributed by atoms with Crippen LogP contribution in [0.5, 0.6) is 0 Å². The molecular formula is C16H27ClN4O4S. The van der Waals surface area contributed by atoms with Crippen LogP contribution in [0.15, 0.2) is 9.42 Å². The SMILES string of the molecule is Cc1noc(C)c1S(=O)(=O)N1CCC(C(=O)NCC2CCCN2)CC1.Cl. The molecule has 1 atom stereocenters. The summed E-state index contributed by atoms with van der Waals surface area (Å²) in [5.41, 5.74) is 0.376. The second-order valence-electron chi connectivity index (χ2n) is 6.87. The summed E-state index contributed by atoms with van der Waals surface area (Å²) < 4.78 is 32.0. The topological polar surface area (TPSA) is 105 Å². The van der Waals surface area contributed by atoms with Gasteiger partial charge in [0.1, 0.15) is 10.6 Å². The maximum atomic E-state index is 12.8. The highest BCUT2D eigenvalue weighted by Gasteiger charge is 2.35. The smallest absolute Gasteiger partial charge is 0.248 e. The summed E-state index contributed by atoms with van der Waals surface area (Å²) in [6.45, 7) is 5.57. The van der Waals surface area contributed by atoms with E-state index < -0.39 is 10.0 Å². The molecule has 0 spiro atoms. The molecule has 2 aliphatic heterocycles. The van der Waals surface area contributed by atoms with Crippen LogP contribution in [0.25, 0.3) is 0 Å². The lowest BCUT2D eigenvalue weighted by Gasteiger charge is -2.30. The zero-order chi connectivity index (χ0) is 18.0. The second kappa shape index (κ2) is 8.69. The van der Waals surface area contributed by atoms with Crippen LogP contribution in [0.3, 0.4) is 0 Å². The molecule has 3 heterocycles. The van der Waals surface area contributed by atoms with Gasteiger partial charge in [-0.2, -0.15) is 4.31 Å². The van der Waals surface area contributed by atoms with Crippen LogP contribution in [-0.4, -0.2) is 56.0 Å². The highest BCUT2D eigenvalue weighted by molar-refractivity contribution is 7.89. The highest BCUT2D eigenvalue weighted by atomic mass is 35.5. The molecule has 26 heavy (non-hydrogen) atoms. The van der Waals surface area contributed by atoms with Crippen LogP contribution in [0, 0.1) is 19.8 Å². The molecule has 2 saturated heterocycles. The van der Waals surface area contributed by atoms with E-state index in [4.69, 9.17) is 4.52 Å². The van der Waals surface area contributed by atoms with Crippen molar-refractivity contribution in [2.45, 2.75) is 50.5 Å². The number of rotatable bonds is 5. The number of aryl methyl sites for hydroxylation is 2. The molecule has 0 radical (unpaired) electrons. The molecule has 1 aromatic rings. The quantitative estimate of drug-likeness (QED) is 0.755. The molecule has 0 saturated carbocycles. The number of carbonyl (C=O) groups excluding carboxylic acids is 1. The van der Waals surface area contributed by atoms with E-state index in [9.17, 15) is 13.2 Å². The summed E-state index contributed by atoms with van der Waals surface area (Å²) in [6, 6.07) is 0.365. The van der Waals surface area contributed by atoms with Crippen LogP contribution in [0.2, 0.25) is 0 Å². The van der Waals surface area contributed by atoms with E-state index in [1.165, 1.54) is 4.31 Å². The fourth-order valence-electron chi connectivity index (χ4n) is 3.63. The van der Waals surface area contributed by atoms with Crippen LogP contribution >= 0.6 is 12.4 Å². The minimum atomic E-state index is -3.62. The summed E-state index contributed by atoms with van der Waals surface area (Å²) in [5.74, 6) is 0.210. The van der Waals surface area contributed by atoms with Crippen molar-refractivity contribution < 1.29 is 17.7 Å². The Labute approximate surface area is 160 Å². The summed E-state index contributed by atoms with van der Waals surface area (Å²) >= 11 is 0. The molecule has 0 aliphatic carbocycles. The third kappa shape index (κ3) is 4.39. The lowest BCUT2D eigenvalue weighted by atomic mass is 9.97. The van der Waals surface area contributed by atoms with E-state index in [-0.39, 0.29) is 29.1 Å². The number of nitrogens with one attached hydrogen (secondary N) is 2. The molecule has 2 aliphatic rings. The van der Waals surface area contributed by atoms with Gasteiger partial charge in [0.05, 0.1) is 0 Å². The van der Waals surface area contributed by atoms with Gasteiger partial charge in [0.15, 0.2) is 5.76 Å².